The topological polar surface area (TPSA) is 170 Å². The molecule has 14 heteroatoms. The zero-order valence-electron chi connectivity index (χ0n) is 30.5. The van der Waals surface area contributed by atoms with Crippen LogP contribution in [0.15, 0.2) is 48.1 Å². The van der Waals surface area contributed by atoms with Gasteiger partial charge in [0.25, 0.3) is 5.91 Å². The van der Waals surface area contributed by atoms with E-state index in [4.69, 9.17) is 5.73 Å². The molecule has 2 aromatic heterocycles. The van der Waals surface area contributed by atoms with Crippen LogP contribution in [0.4, 0.5) is 11.5 Å². The number of carbonyl (C=O) groups excluding carboxylic acids is 3. The van der Waals surface area contributed by atoms with Gasteiger partial charge in [-0.05, 0) is 36.5 Å². The van der Waals surface area contributed by atoms with Gasteiger partial charge in [0, 0.05) is 70.3 Å². The predicted octanol–water partition coefficient (Wildman–Crippen LogP) is 3.42. The number of aliphatic hydroxyl groups excluding tert-OH is 1. The maximum absolute atomic E-state index is 14.3. The third-order valence-corrected chi connectivity index (χ3v) is 10.9. The maximum atomic E-state index is 14.3. The summed E-state index contributed by atoms with van der Waals surface area (Å²) >= 11 is 1.62. The molecule has 51 heavy (non-hydrogen) atoms. The average Bonchev–Trinajstić information content (AvgIpc) is 3.72. The molecule has 2 amide bonds. The third kappa shape index (κ3) is 8.92. The smallest absolute Gasteiger partial charge is 0.271 e. The van der Waals surface area contributed by atoms with E-state index >= 15 is 0 Å². The van der Waals surface area contributed by atoms with E-state index in [1.807, 2.05) is 38.1 Å². The highest BCUT2D eigenvalue weighted by atomic mass is 32.1. The molecule has 1 aromatic carbocycles. The number of nitrogens with zero attached hydrogens (tertiary/aromatic N) is 6. The monoisotopic (exact) mass is 717 g/mol. The number of piperazine rings is 1. The largest absolute Gasteiger partial charge is 0.391 e. The molecule has 4 atom stereocenters. The molecule has 0 unspecified atom stereocenters. The normalized spacial score (nSPS) is 19.4. The van der Waals surface area contributed by atoms with Gasteiger partial charge in [-0.25, -0.2) is 4.98 Å². The van der Waals surface area contributed by atoms with Crippen molar-refractivity contribution in [2.24, 2.45) is 11.3 Å². The number of thiazole rings is 1. The van der Waals surface area contributed by atoms with Gasteiger partial charge in [-0.3, -0.25) is 19.3 Å². The van der Waals surface area contributed by atoms with Crippen LogP contribution in [0.25, 0.3) is 10.4 Å². The summed E-state index contributed by atoms with van der Waals surface area (Å²) in [5.41, 5.74) is 12.2. The van der Waals surface area contributed by atoms with Crippen molar-refractivity contribution in [2.75, 3.05) is 56.9 Å². The van der Waals surface area contributed by atoms with Gasteiger partial charge in [0.1, 0.15) is 5.78 Å². The minimum Gasteiger partial charge on any atom is -0.391 e. The van der Waals surface area contributed by atoms with E-state index in [2.05, 4.69) is 68.5 Å². The molecule has 0 aliphatic carbocycles. The van der Waals surface area contributed by atoms with Gasteiger partial charge in [0.05, 0.1) is 40.5 Å². The molecule has 2 fully saturated rings. The number of ketones is 1. The van der Waals surface area contributed by atoms with Crippen LogP contribution in [0.1, 0.15) is 68.3 Å². The number of nitrogens with two attached hydrogens (primary N) is 1. The number of aromatic nitrogens is 3. The van der Waals surface area contributed by atoms with Gasteiger partial charge >= 0.3 is 0 Å². The molecular formula is C37H51N9O4S. The molecule has 2 saturated heterocycles. The van der Waals surface area contributed by atoms with E-state index in [9.17, 15) is 19.5 Å². The number of aliphatic hydroxyl groups is 1. The Morgan fingerprint density at radius 2 is 1.80 bits per heavy atom. The summed E-state index contributed by atoms with van der Waals surface area (Å²) in [6, 6.07) is 9.51. The minimum absolute atomic E-state index is 0.0115. The standard InChI is InChI=1S/C37H51N9O4S/c1-22(25-8-10-26(11-9-25)33-24(3)40-21-51-33)41-23(2)31-17-28(48)20-46(31)36(50)29(37(4,5)6)16-27(47)19-44-12-14-45(15-13-44)32-18-30(35(49)39-7)42-43-34(32)38/h8-11,18,21-22,28-29,31,41,48H,2,12-17,19-20H2,1,3-7H3,(H2,38,43)(H,39,49)/t22-,28+,29+,31-/m1/s1. The van der Waals surface area contributed by atoms with Crippen LogP contribution in [-0.2, 0) is 9.59 Å². The molecule has 5 rings (SSSR count). The van der Waals surface area contributed by atoms with E-state index in [0.29, 0.717) is 44.0 Å². The highest BCUT2D eigenvalue weighted by Gasteiger charge is 2.43. The molecule has 0 saturated carbocycles. The lowest BCUT2D eigenvalue weighted by molar-refractivity contribution is -0.142. The quantitative estimate of drug-likeness (QED) is 0.217. The zero-order valence-corrected chi connectivity index (χ0v) is 31.3. The molecule has 2 aliphatic rings. The van der Waals surface area contributed by atoms with Gasteiger partial charge in [0.15, 0.2) is 11.5 Å². The van der Waals surface area contributed by atoms with Gasteiger partial charge in [-0.2, -0.15) is 0 Å². The number of rotatable bonds is 12. The SMILES string of the molecule is C=C(N[C@H](C)c1ccc(-c2scnc2C)cc1)[C@H]1C[C@H](O)CN1C(=O)[C@H](CC(=O)CN1CCN(c2cc(C(=O)NC)nnc2N)CC1)C(C)(C)C. The number of benzene rings is 1. The van der Waals surface area contributed by atoms with Crippen molar-refractivity contribution in [3.8, 4) is 10.4 Å². The van der Waals surface area contributed by atoms with Crippen molar-refractivity contribution in [3.63, 3.8) is 0 Å². The number of anilines is 2. The Morgan fingerprint density at radius 1 is 1.12 bits per heavy atom. The number of hydrogen-bond donors (Lipinski definition) is 4. The Morgan fingerprint density at radius 3 is 2.41 bits per heavy atom. The van der Waals surface area contributed by atoms with Crippen molar-refractivity contribution in [2.45, 2.75) is 65.6 Å². The fourth-order valence-electron chi connectivity index (χ4n) is 6.88. The van der Waals surface area contributed by atoms with Gasteiger partial charge in [-0.15, -0.1) is 21.5 Å². The number of β-amino-alcohol motifs (C(OH)–C–C–N with tert-alkyl or cyclic N) is 1. The Labute approximate surface area is 304 Å². The summed E-state index contributed by atoms with van der Waals surface area (Å²) in [7, 11) is 1.53. The molecule has 0 spiro atoms. The molecular weight excluding hydrogens is 667 g/mol. The first-order valence-corrected chi connectivity index (χ1v) is 18.3. The molecule has 2 aliphatic heterocycles. The van der Waals surface area contributed by atoms with Gasteiger partial charge < -0.3 is 31.3 Å². The number of likely N-dealkylation sites (tertiary alicyclic amines) is 1. The molecule has 4 heterocycles. The van der Waals surface area contributed by atoms with Crippen molar-refractivity contribution in [1.82, 2.24) is 35.6 Å². The van der Waals surface area contributed by atoms with Crippen molar-refractivity contribution in [3.05, 3.63) is 65.1 Å². The summed E-state index contributed by atoms with van der Waals surface area (Å²) in [4.78, 5) is 51.2. The zero-order chi connectivity index (χ0) is 37.0. The first-order chi connectivity index (χ1) is 24.2. The number of nitrogen functional groups attached to an aromatic ring is 1. The molecule has 3 aromatic rings. The number of carbonyl (C=O) groups is 3. The van der Waals surface area contributed by atoms with E-state index in [0.717, 1.165) is 21.7 Å². The molecule has 274 valence electrons. The second-order valence-electron chi connectivity index (χ2n) is 14.7. The van der Waals surface area contributed by atoms with Crippen LogP contribution >= 0.6 is 11.3 Å². The third-order valence-electron chi connectivity index (χ3n) is 9.93. The fourth-order valence-corrected chi connectivity index (χ4v) is 7.70. The van der Waals surface area contributed by atoms with Crippen molar-refractivity contribution < 1.29 is 19.5 Å². The van der Waals surface area contributed by atoms with Gasteiger partial charge in [-0.1, -0.05) is 51.6 Å². The second-order valence-corrected chi connectivity index (χ2v) is 15.5. The van der Waals surface area contributed by atoms with Gasteiger partial charge in [0.2, 0.25) is 5.91 Å². The second kappa shape index (κ2) is 15.9. The highest BCUT2D eigenvalue weighted by molar-refractivity contribution is 7.13. The molecule has 0 bridgehead atoms. The van der Waals surface area contributed by atoms with E-state index < -0.39 is 23.5 Å². The summed E-state index contributed by atoms with van der Waals surface area (Å²) in [5.74, 6) is -0.826. The highest BCUT2D eigenvalue weighted by Crippen LogP contribution is 2.35. The van der Waals surface area contributed by atoms with Crippen LogP contribution in [0.3, 0.4) is 0 Å². The molecule has 0 radical (unpaired) electrons. The maximum Gasteiger partial charge on any atom is 0.271 e. The summed E-state index contributed by atoms with van der Waals surface area (Å²) in [5, 5.41) is 24.6. The fraction of sp³-hybridized carbons (Fsp3) is 0.514. The lowest BCUT2D eigenvalue weighted by atomic mass is 9.76. The van der Waals surface area contributed by atoms with E-state index in [-0.39, 0.29) is 54.7 Å². The Balaban J connectivity index is 1.19. The summed E-state index contributed by atoms with van der Waals surface area (Å²) in [6.07, 6.45) is -0.203. The summed E-state index contributed by atoms with van der Waals surface area (Å²) < 4.78 is 0. The number of amides is 2. The van der Waals surface area contributed by atoms with E-state index in [1.165, 1.54) is 7.05 Å². The first-order valence-electron chi connectivity index (χ1n) is 17.4. The van der Waals surface area contributed by atoms with Crippen LogP contribution < -0.4 is 21.3 Å². The van der Waals surface area contributed by atoms with Crippen LogP contribution in [0.2, 0.25) is 0 Å². The van der Waals surface area contributed by atoms with E-state index in [1.54, 1.807) is 22.3 Å². The Bertz CT molecular complexity index is 1730. The number of hydrogen-bond acceptors (Lipinski definition) is 12. The Hall–Kier alpha value is -4.40. The predicted molar refractivity (Wildman–Crippen MR) is 200 cm³/mol. The molecule has 13 nitrogen and oxygen atoms in total. The van der Waals surface area contributed by atoms with Crippen LogP contribution in [0.5, 0.6) is 0 Å². The number of Topliss-reactive ketones (excluding diaryl/α,β-unsaturated/α-hetero) is 1. The minimum atomic E-state index is -0.681. The first kappa shape index (κ1) is 37.8. The lowest BCUT2D eigenvalue weighted by Crippen LogP contribution is -2.49. The van der Waals surface area contributed by atoms with Crippen LogP contribution in [-0.4, -0.2) is 106 Å². The Kier molecular flexibility index (Phi) is 11.8. The number of nitrogens with one attached hydrogen (secondary N) is 2. The summed E-state index contributed by atoms with van der Waals surface area (Å²) in [6.45, 7) is 17.1. The molecule has 5 N–H and O–H groups in total. The van der Waals surface area contributed by atoms with Crippen molar-refractivity contribution in [1.29, 1.82) is 0 Å². The van der Waals surface area contributed by atoms with Crippen molar-refractivity contribution >= 4 is 40.4 Å². The van der Waals surface area contributed by atoms with Crippen LogP contribution in [0, 0.1) is 18.3 Å². The number of aryl methyl sites for hydroxylation is 1. The lowest BCUT2D eigenvalue weighted by Gasteiger charge is -2.38. The average molecular weight is 718 g/mol.